The fourth-order valence-corrected chi connectivity index (χ4v) is 2.97. The molecule has 130 valence electrons. The third-order valence-electron chi connectivity index (χ3n) is 3.62. The molecule has 0 radical (unpaired) electrons. The third kappa shape index (κ3) is 3.55. The van der Waals surface area contributed by atoms with Crippen molar-refractivity contribution in [3.63, 3.8) is 0 Å². The zero-order valence-electron chi connectivity index (χ0n) is 12.5. The molecule has 0 fully saturated rings. The van der Waals surface area contributed by atoms with E-state index in [1.165, 1.54) is 36.4 Å². The number of hydrogen-bond donors (Lipinski definition) is 2. The normalized spacial score (nSPS) is 11.2. The molecule has 25 heavy (non-hydrogen) atoms. The van der Waals surface area contributed by atoms with Crippen molar-refractivity contribution < 1.29 is 23.4 Å². The number of aromatic carboxylic acids is 1. The number of fused-ring (bicyclic) bond motifs is 1. The van der Waals surface area contributed by atoms with Crippen molar-refractivity contribution in [2.75, 3.05) is 0 Å². The van der Waals surface area contributed by atoms with Gasteiger partial charge >= 0.3 is 5.97 Å². The molecular weight excluding hydrogens is 375 g/mol. The first-order chi connectivity index (χ1) is 11.9. The van der Waals surface area contributed by atoms with Gasteiger partial charge < -0.3 is 14.8 Å². The number of alkyl halides is 2. The van der Waals surface area contributed by atoms with E-state index in [9.17, 15) is 13.6 Å². The second-order valence-electron chi connectivity index (χ2n) is 5.28. The highest BCUT2D eigenvalue weighted by molar-refractivity contribution is 6.41. The molecule has 2 aromatic carbocycles. The van der Waals surface area contributed by atoms with E-state index in [1.54, 1.807) is 0 Å². The fraction of sp³-hybridized carbons (Fsp3) is 0.118. The van der Waals surface area contributed by atoms with Gasteiger partial charge in [-0.3, -0.25) is 0 Å². The van der Waals surface area contributed by atoms with Crippen LogP contribution >= 0.6 is 23.2 Å². The Morgan fingerprint density at radius 3 is 2.48 bits per heavy atom. The molecule has 0 spiro atoms. The van der Waals surface area contributed by atoms with Gasteiger partial charge in [0, 0.05) is 16.5 Å². The van der Waals surface area contributed by atoms with E-state index in [-0.39, 0.29) is 33.7 Å². The van der Waals surface area contributed by atoms with Crippen LogP contribution in [-0.2, 0) is 6.61 Å². The van der Waals surface area contributed by atoms with Gasteiger partial charge in [-0.05, 0) is 17.7 Å². The number of aromatic amines is 1. The minimum Gasteiger partial charge on any atom is -0.486 e. The largest absolute Gasteiger partial charge is 0.486 e. The highest BCUT2D eigenvalue weighted by Crippen LogP contribution is 2.40. The molecule has 0 atom stereocenters. The van der Waals surface area contributed by atoms with Crippen LogP contribution < -0.4 is 4.74 Å². The maximum atomic E-state index is 12.6. The Balaban J connectivity index is 1.86. The van der Waals surface area contributed by atoms with E-state index in [2.05, 4.69) is 4.98 Å². The zero-order chi connectivity index (χ0) is 18.1. The Hall–Kier alpha value is -2.31. The number of H-pyrrole nitrogens is 1. The summed E-state index contributed by atoms with van der Waals surface area (Å²) in [5, 5.41) is 9.89. The number of nitrogens with one attached hydrogen (secondary N) is 1. The Kier molecular flexibility index (Phi) is 4.83. The number of benzene rings is 2. The van der Waals surface area contributed by atoms with Crippen molar-refractivity contribution in [2.45, 2.75) is 13.0 Å². The number of carbonyl (C=O) groups is 1. The van der Waals surface area contributed by atoms with Gasteiger partial charge in [-0.1, -0.05) is 47.5 Å². The quantitative estimate of drug-likeness (QED) is 0.592. The monoisotopic (exact) mass is 385 g/mol. The summed E-state index contributed by atoms with van der Waals surface area (Å²) in [6, 6.07) is 8.61. The molecule has 2 N–H and O–H groups in total. The topological polar surface area (TPSA) is 62.3 Å². The summed E-state index contributed by atoms with van der Waals surface area (Å²) in [4.78, 5) is 13.7. The number of aromatic nitrogens is 1. The second kappa shape index (κ2) is 6.90. The van der Waals surface area contributed by atoms with Crippen molar-refractivity contribution in [3.8, 4) is 5.75 Å². The van der Waals surface area contributed by atoms with Crippen molar-refractivity contribution in [3.05, 3.63) is 63.3 Å². The number of carboxylic acid groups (broad SMARTS) is 1. The predicted octanol–water partition coefficient (Wildman–Crippen LogP) is 5.69. The molecule has 1 aromatic heterocycles. The third-order valence-corrected chi connectivity index (χ3v) is 4.27. The molecule has 0 aliphatic carbocycles. The van der Waals surface area contributed by atoms with Crippen LogP contribution in [0.4, 0.5) is 8.78 Å². The first-order valence-electron chi connectivity index (χ1n) is 7.10. The Morgan fingerprint density at radius 1 is 1.20 bits per heavy atom. The molecule has 0 unspecified atom stereocenters. The summed E-state index contributed by atoms with van der Waals surface area (Å²) in [7, 11) is 0. The van der Waals surface area contributed by atoms with Crippen LogP contribution in [0.25, 0.3) is 10.9 Å². The van der Waals surface area contributed by atoms with Gasteiger partial charge in [-0.15, -0.1) is 0 Å². The average molecular weight is 386 g/mol. The van der Waals surface area contributed by atoms with Gasteiger partial charge in [0.15, 0.2) is 5.75 Å². The van der Waals surface area contributed by atoms with Crippen LogP contribution in [-0.4, -0.2) is 16.1 Å². The van der Waals surface area contributed by atoms with Crippen LogP contribution in [0.15, 0.2) is 36.4 Å². The molecule has 1 heterocycles. The van der Waals surface area contributed by atoms with Crippen molar-refractivity contribution in [1.82, 2.24) is 4.98 Å². The average Bonchev–Trinajstić information content (AvgIpc) is 2.99. The first kappa shape index (κ1) is 17.5. The summed E-state index contributed by atoms with van der Waals surface area (Å²) in [5.74, 6) is -0.922. The van der Waals surface area contributed by atoms with Crippen LogP contribution in [0.1, 0.15) is 28.0 Å². The molecule has 0 amide bonds. The summed E-state index contributed by atoms with van der Waals surface area (Å²) in [6.07, 6.45) is -2.53. The summed E-state index contributed by atoms with van der Waals surface area (Å²) in [6.45, 7) is 0.0741. The number of ether oxygens (including phenoxy) is 1. The Bertz CT molecular complexity index is 939. The predicted molar refractivity (Wildman–Crippen MR) is 91.0 cm³/mol. The number of halogens is 4. The second-order valence-corrected chi connectivity index (χ2v) is 6.07. The van der Waals surface area contributed by atoms with Crippen molar-refractivity contribution in [2.24, 2.45) is 0 Å². The van der Waals surface area contributed by atoms with Gasteiger partial charge in [0.1, 0.15) is 12.3 Å². The van der Waals surface area contributed by atoms with E-state index >= 15 is 0 Å². The standard InChI is InChI=1S/C17H11Cl2F2NO3/c18-11-6-12-10(5-13(22-12)17(23)24)14(19)15(11)25-7-8-1-3-9(4-2-8)16(20)21/h1-6,16,22H,7H2,(H,23,24). The molecule has 0 bridgehead atoms. The molecule has 0 aliphatic rings. The van der Waals surface area contributed by atoms with E-state index in [4.69, 9.17) is 33.0 Å². The number of hydrogen-bond acceptors (Lipinski definition) is 2. The van der Waals surface area contributed by atoms with Crippen LogP contribution in [0, 0.1) is 0 Å². The molecule has 0 aliphatic heterocycles. The van der Waals surface area contributed by atoms with Gasteiger partial charge in [-0.2, -0.15) is 0 Å². The lowest BCUT2D eigenvalue weighted by Crippen LogP contribution is -1.97. The highest BCUT2D eigenvalue weighted by atomic mass is 35.5. The lowest BCUT2D eigenvalue weighted by Gasteiger charge is -2.11. The van der Waals surface area contributed by atoms with E-state index in [0.717, 1.165) is 0 Å². The lowest BCUT2D eigenvalue weighted by atomic mass is 10.1. The fourth-order valence-electron chi connectivity index (χ4n) is 2.35. The molecule has 8 heteroatoms. The van der Waals surface area contributed by atoms with E-state index < -0.39 is 12.4 Å². The summed E-state index contributed by atoms with van der Waals surface area (Å²) in [5.41, 5.74) is 1.04. The maximum Gasteiger partial charge on any atom is 0.352 e. The van der Waals surface area contributed by atoms with Crippen LogP contribution in [0.3, 0.4) is 0 Å². The van der Waals surface area contributed by atoms with Gasteiger partial charge in [0.2, 0.25) is 0 Å². The minimum absolute atomic E-state index is 0.0206. The van der Waals surface area contributed by atoms with E-state index in [0.29, 0.717) is 16.5 Å². The summed E-state index contributed by atoms with van der Waals surface area (Å²) >= 11 is 12.4. The maximum absolute atomic E-state index is 12.6. The first-order valence-corrected chi connectivity index (χ1v) is 7.86. The van der Waals surface area contributed by atoms with Crippen molar-refractivity contribution >= 4 is 40.1 Å². The SMILES string of the molecule is O=C(O)c1cc2c(Cl)c(OCc3ccc(C(F)F)cc3)c(Cl)cc2[nH]1. The number of rotatable bonds is 5. The minimum atomic E-state index is -2.53. The molecule has 0 saturated carbocycles. The molecule has 4 nitrogen and oxygen atoms in total. The van der Waals surface area contributed by atoms with Gasteiger partial charge in [-0.25, -0.2) is 13.6 Å². The lowest BCUT2D eigenvalue weighted by molar-refractivity contribution is 0.0691. The van der Waals surface area contributed by atoms with Crippen molar-refractivity contribution in [1.29, 1.82) is 0 Å². The Labute approximate surface area is 150 Å². The van der Waals surface area contributed by atoms with Crippen LogP contribution in [0.5, 0.6) is 5.75 Å². The molecule has 0 saturated heterocycles. The smallest absolute Gasteiger partial charge is 0.352 e. The van der Waals surface area contributed by atoms with Gasteiger partial charge in [0.25, 0.3) is 6.43 Å². The van der Waals surface area contributed by atoms with Gasteiger partial charge in [0.05, 0.1) is 10.0 Å². The Morgan fingerprint density at radius 2 is 1.88 bits per heavy atom. The number of carboxylic acids is 1. The molecule has 3 aromatic rings. The zero-order valence-corrected chi connectivity index (χ0v) is 14.0. The van der Waals surface area contributed by atoms with Crippen LogP contribution in [0.2, 0.25) is 10.0 Å². The molecule has 3 rings (SSSR count). The molecular formula is C17H11Cl2F2NO3. The highest BCUT2D eigenvalue weighted by Gasteiger charge is 2.17. The van der Waals surface area contributed by atoms with E-state index in [1.807, 2.05) is 0 Å². The summed E-state index contributed by atoms with van der Waals surface area (Å²) < 4.78 is 30.7.